The van der Waals surface area contributed by atoms with Crippen LogP contribution in [-0.2, 0) is 6.67 Å². The maximum absolute atomic E-state index is 5.82. The van der Waals surface area contributed by atoms with Crippen molar-refractivity contribution in [2.24, 2.45) is 0 Å². The number of anilines is 1. The van der Waals surface area contributed by atoms with Crippen LogP contribution < -0.4 is 5.73 Å². The Balaban J connectivity index is 2.30. The lowest BCUT2D eigenvalue weighted by molar-refractivity contribution is 0.533. The molecule has 2 aromatic heterocycles. The number of nitrogens with two attached hydrogens (primary N) is 1. The highest BCUT2D eigenvalue weighted by molar-refractivity contribution is 5.46. The highest BCUT2D eigenvalue weighted by Gasteiger charge is 2.07. The van der Waals surface area contributed by atoms with Gasteiger partial charge in [0.15, 0.2) is 0 Å². The van der Waals surface area contributed by atoms with Gasteiger partial charge >= 0.3 is 0 Å². The molecule has 0 radical (unpaired) electrons. The average molecular weight is 191 g/mol. The van der Waals surface area contributed by atoms with E-state index in [2.05, 4.69) is 10.1 Å². The van der Waals surface area contributed by atoms with Crippen LogP contribution >= 0.6 is 0 Å². The van der Waals surface area contributed by atoms with Gasteiger partial charge < -0.3 is 10.3 Å². The summed E-state index contributed by atoms with van der Waals surface area (Å²) in [4.78, 5) is 3.97. The van der Waals surface area contributed by atoms with Crippen LogP contribution in [0.15, 0.2) is 18.7 Å². The molecule has 0 bridgehead atoms. The standard InChI is InChI=1S/C9H13N5/c1-7-9(10)8(2)14(12-7)6-13-4-3-11-5-13/h3-5H,6,10H2,1-2H3. The highest BCUT2D eigenvalue weighted by Crippen LogP contribution is 2.14. The molecular weight excluding hydrogens is 178 g/mol. The van der Waals surface area contributed by atoms with E-state index in [1.807, 2.05) is 29.3 Å². The van der Waals surface area contributed by atoms with Crippen molar-refractivity contribution in [1.82, 2.24) is 19.3 Å². The minimum atomic E-state index is 0.657. The minimum absolute atomic E-state index is 0.657. The highest BCUT2D eigenvalue weighted by atomic mass is 15.4. The summed E-state index contributed by atoms with van der Waals surface area (Å²) in [6.07, 6.45) is 5.40. The minimum Gasteiger partial charge on any atom is -0.396 e. The monoisotopic (exact) mass is 191 g/mol. The van der Waals surface area contributed by atoms with Crippen molar-refractivity contribution in [3.63, 3.8) is 0 Å². The molecule has 0 spiro atoms. The van der Waals surface area contributed by atoms with Gasteiger partial charge in [-0.3, -0.25) is 0 Å². The van der Waals surface area contributed by atoms with Crippen LogP contribution in [0.4, 0.5) is 5.69 Å². The van der Waals surface area contributed by atoms with Crippen LogP contribution in [0.25, 0.3) is 0 Å². The van der Waals surface area contributed by atoms with Gasteiger partial charge in [0.2, 0.25) is 0 Å². The Kier molecular flexibility index (Phi) is 1.99. The molecule has 0 atom stereocenters. The van der Waals surface area contributed by atoms with E-state index in [0.29, 0.717) is 6.67 Å². The smallest absolute Gasteiger partial charge is 0.117 e. The molecule has 0 saturated carbocycles. The van der Waals surface area contributed by atoms with Crippen LogP contribution in [0.5, 0.6) is 0 Å². The van der Waals surface area contributed by atoms with E-state index in [9.17, 15) is 0 Å². The maximum Gasteiger partial charge on any atom is 0.117 e. The zero-order valence-electron chi connectivity index (χ0n) is 8.31. The van der Waals surface area contributed by atoms with E-state index in [1.54, 1.807) is 12.5 Å². The lowest BCUT2D eigenvalue weighted by Gasteiger charge is -2.04. The summed E-state index contributed by atoms with van der Waals surface area (Å²) in [6.45, 7) is 4.53. The summed E-state index contributed by atoms with van der Waals surface area (Å²) >= 11 is 0. The third-order valence-electron chi connectivity index (χ3n) is 2.29. The topological polar surface area (TPSA) is 61.7 Å². The Morgan fingerprint density at radius 1 is 1.43 bits per heavy atom. The molecule has 2 heterocycles. The van der Waals surface area contributed by atoms with Crippen molar-refractivity contribution in [2.45, 2.75) is 20.5 Å². The summed E-state index contributed by atoms with van der Waals surface area (Å²) < 4.78 is 3.81. The van der Waals surface area contributed by atoms with Gasteiger partial charge in [0.05, 0.1) is 23.4 Å². The van der Waals surface area contributed by atoms with E-state index in [4.69, 9.17) is 5.73 Å². The first-order valence-electron chi connectivity index (χ1n) is 4.43. The van der Waals surface area contributed by atoms with E-state index in [1.165, 1.54) is 0 Å². The van der Waals surface area contributed by atoms with Gasteiger partial charge in [0.1, 0.15) is 6.67 Å². The average Bonchev–Trinajstić information content (AvgIpc) is 2.73. The van der Waals surface area contributed by atoms with Gasteiger partial charge in [0, 0.05) is 12.4 Å². The van der Waals surface area contributed by atoms with Crippen molar-refractivity contribution in [3.05, 3.63) is 30.1 Å². The molecule has 0 aliphatic carbocycles. The predicted octanol–water partition coefficient (Wildman–Crippen LogP) is 0.784. The third-order valence-corrected chi connectivity index (χ3v) is 2.29. The largest absolute Gasteiger partial charge is 0.396 e. The molecule has 14 heavy (non-hydrogen) atoms. The number of aryl methyl sites for hydroxylation is 1. The quantitative estimate of drug-likeness (QED) is 0.763. The first kappa shape index (κ1) is 8.80. The fraction of sp³-hybridized carbons (Fsp3) is 0.333. The normalized spacial score (nSPS) is 10.7. The first-order valence-corrected chi connectivity index (χ1v) is 4.43. The molecule has 0 fully saturated rings. The Hall–Kier alpha value is -1.78. The number of hydrogen-bond donors (Lipinski definition) is 1. The number of aromatic nitrogens is 4. The Morgan fingerprint density at radius 2 is 2.21 bits per heavy atom. The zero-order chi connectivity index (χ0) is 10.1. The molecule has 0 aliphatic rings. The van der Waals surface area contributed by atoms with E-state index < -0.39 is 0 Å². The molecule has 0 amide bonds. The van der Waals surface area contributed by atoms with Gasteiger partial charge in [-0.2, -0.15) is 5.10 Å². The summed E-state index contributed by atoms with van der Waals surface area (Å²) in [7, 11) is 0. The van der Waals surface area contributed by atoms with Gasteiger partial charge in [-0.25, -0.2) is 9.67 Å². The first-order chi connectivity index (χ1) is 6.68. The number of hydrogen-bond acceptors (Lipinski definition) is 3. The van der Waals surface area contributed by atoms with Gasteiger partial charge in [-0.05, 0) is 13.8 Å². The molecule has 2 aromatic rings. The molecule has 2 N–H and O–H groups in total. The fourth-order valence-corrected chi connectivity index (χ4v) is 1.37. The number of imidazole rings is 1. The second-order valence-corrected chi connectivity index (χ2v) is 3.30. The van der Waals surface area contributed by atoms with Crippen LogP contribution in [0.2, 0.25) is 0 Å². The van der Waals surface area contributed by atoms with Crippen molar-refractivity contribution >= 4 is 5.69 Å². The third kappa shape index (κ3) is 1.37. The van der Waals surface area contributed by atoms with Crippen LogP contribution in [0.3, 0.4) is 0 Å². The zero-order valence-corrected chi connectivity index (χ0v) is 8.31. The molecule has 0 saturated heterocycles. The Bertz CT molecular complexity index is 426. The van der Waals surface area contributed by atoms with E-state index in [0.717, 1.165) is 17.1 Å². The summed E-state index contributed by atoms with van der Waals surface area (Å²) in [6, 6.07) is 0. The lowest BCUT2D eigenvalue weighted by atomic mass is 10.3. The second-order valence-electron chi connectivity index (χ2n) is 3.30. The number of nitrogen functional groups attached to an aromatic ring is 1. The predicted molar refractivity (Wildman–Crippen MR) is 53.7 cm³/mol. The van der Waals surface area contributed by atoms with Crippen LogP contribution in [0.1, 0.15) is 11.4 Å². The fourth-order valence-electron chi connectivity index (χ4n) is 1.37. The van der Waals surface area contributed by atoms with Gasteiger partial charge in [-0.1, -0.05) is 0 Å². The number of nitrogens with zero attached hydrogens (tertiary/aromatic N) is 4. The van der Waals surface area contributed by atoms with Crippen LogP contribution in [-0.4, -0.2) is 19.3 Å². The van der Waals surface area contributed by atoms with E-state index in [-0.39, 0.29) is 0 Å². The Morgan fingerprint density at radius 3 is 2.71 bits per heavy atom. The summed E-state index contributed by atoms with van der Waals surface area (Å²) in [5.74, 6) is 0. The molecule has 0 aromatic carbocycles. The molecular formula is C9H13N5. The van der Waals surface area contributed by atoms with Crippen LogP contribution in [0, 0.1) is 13.8 Å². The maximum atomic E-state index is 5.82. The van der Waals surface area contributed by atoms with Crippen molar-refractivity contribution in [3.8, 4) is 0 Å². The van der Waals surface area contributed by atoms with Gasteiger partial charge in [-0.15, -0.1) is 0 Å². The van der Waals surface area contributed by atoms with Crippen molar-refractivity contribution in [2.75, 3.05) is 5.73 Å². The van der Waals surface area contributed by atoms with Crippen molar-refractivity contribution in [1.29, 1.82) is 0 Å². The molecule has 74 valence electrons. The lowest BCUT2D eigenvalue weighted by Crippen LogP contribution is -2.09. The van der Waals surface area contributed by atoms with E-state index >= 15 is 0 Å². The molecule has 5 heteroatoms. The van der Waals surface area contributed by atoms with Gasteiger partial charge in [0.25, 0.3) is 0 Å². The SMILES string of the molecule is Cc1nn(Cn2ccnc2)c(C)c1N. The van der Waals surface area contributed by atoms with Crippen molar-refractivity contribution < 1.29 is 0 Å². The summed E-state index contributed by atoms with van der Waals surface area (Å²) in [5, 5.41) is 4.33. The summed E-state index contributed by atoms with van der Waals surface area (Å²) in [5.41, 5.74) is 8.47. The molecule has 2 rings (SSSR count). The molecule has 0 unspecified atom stereocenters. The Labute approximate surface area is 82.2 Å². The number of rotatable bonds is 2. The molecule has 5 nitrogen and oxygen atoms in total. The molecule has 0 aliphatic heterocycles. The second kappa shape index (κ2) is 3.17.